The molecule has 0 amide bonds. The summed E-state index contributed by atoms with van der Waals surface area (Å²) in [6, 6.07) is 44.6. The van der Waals surface area contributed by atoms with Crippen LogP contribution in [0.2, 0.25) is 0 Å². The predicted octanol–water partition coefficient (Wildman–Crippen LogP) is 9.26. The Hall–Kier alpha value is -3.87. The summed E-state index contributed by atoms with van der Waals surface area (Å²) in [4.78, 5) is 2.39. The number of hydrogen-bond donors (Lipinski definition) is 1. The first-order valence-electron chi connectivity index (χ1n) is 14.1. The van der Waals surface area contributed by atoms with Crippen molar-refractivity contribution in [1.82, 2.24) is 0 Å². The summed E-state index contributed by atoms with van der Waals surface area (Å²) in [5.41, 5.74) is 8.21. The Morgan fingerprint density at radius 1 is 0.675 bits per heavy atom. The first kappa shape index (κ1) is 27.7. The fraction of sp³-hybridized carbons (Fsp3) is 0.189. The van der Waals surface area contributed by atoms with E-state index in [1.165, 1.54) is 33.4 Å². The molecule has 5 aromatic carbocycles. The van der Waals surface area contributed by atoms with Gasteiger partial charge in [-0.3, -0.25) is 0 Å². The zero-order valence-corrected chi connectivity index (χ0v) is 24.6. The molecular weight excluding hydrogens is 505 g/mol. The van der Waals surface area contributed by atoms with Gasteiger partial charge in [0.05, 0.1) is 0 Å². The lowest BCUT2D eigenvalue weighted by molar-refractivity contribution is 0.451. The first-order chi connectivity index (χ1) is 19.5. The lowest BCUT2D eigenvalue weighted by Gasteiger charge is -2.33. The van der Waals surface area contributed by atoms with E-state index in [9.17, 15) is 5.11 Å². The van der Waals surface area contributed by atoms with Crippen molar-refractivity contribution in [3.8, 4) is 5.75 Å². The molecule has 0 aromatic heterocycles. The van der Waals surface area contributed by atoms with Crippen LogP contribution in [0.3, 0.4) is 0 Å². The molecule has 0 spiro atoms. The van der Waals surface area contributed by atoms with Crippen molar-refractivity contribution in [2.75, 3.05) is 4.90 Å². The minimum Gasteiger partial charge on any atom is -0.507 e. The second-order valence-electron chi connectivity index (χ2n) is 10.7. The summed E-state index contributed by atoms with van der Waals surface area (Å²) in [5, 5.41) is 12.8. The highest BCUT2D eigenvalue weighted by molar-refractivity contribution is 7.48. The van der Waals surface area contributed by atoms with E-state index in [0.717, 1.165) is 30.5 Å². The Kier molecular flexibility index (Phi) is 8.68. The fourth-order valence-corrected chi connectivity index (χ4v) is 7.04. The molecule has 0 aliphatic carbocycles. The van der Waals surface area contributed by atoms with Crippen LogP contribution in [0.1, 0.15) is 48.1 Å². The van der Waals surface area contributed by atoms with Crippen LogP contribution in [-0.4, -0.2) is 5.11 Å². The molecular formula is C37H38NOP. The predicted molar refractivity (Wildman–Crippen MR) is 173 cm³/mol. The smallest absolute Gasteiger partial charge is 0.123 e. The molecule has 40 heavy (non-hydrogen) atoms. The lowest BCUT2D eigenvalue weighted by atomic mass is 9.92. The van der Waals surface area contributed by atoms with E-state index in [1.807, 2.05) is 6.07 Å². The van der Waals surface area contributed by atoms with E-state index in [4.69, 9.17) is 0 Å². The molecule has 2 atom stereocenters. The monoisotopic (exact) mass is 543 g/mol. The summed E-state index contributed by atoms with van der Waals surface area (Å²) in [7, 11) is 0.513. The van der Waals surface area contributed by atoms with Crippen LogP contribution in [0.15, 0.2) is 127 Å². The second kappa shape index (κ2) is 12.5. The van der Waals surface area contributed by atoms with Crippen LogP contribution in [0, 0.1) is 6.92 Å². The molecule has 0 aliphatic rings. The van der Waals surface area contributed by atoms with Gasteiger partial charge in [-0.1, -0.05) is 126 Å². The summed E-state index contributed by atoms with van der Waals surface area (Å²) in [6.45, 7) is 7.56. The number of nitrogens with zero attached hydrogens (tertiary/aromatic N) is 1. The van der Waals surface area contributed by atoms with Crippen molar-refractivity contribution in [3.63, 3.8) is 0 Å². The fourth-order valence-electron chi connectivity index (χ4n) is 5.37. The molecule has 0 bridgehead atoms. The summed E-state index contributed by atoms with van der Waals surface area (Å²) in [5.74, 6) is 0.438. The Morgan fingerprint density at radius 3 is 1.82 bits per heavy atom. The molecule has 2 nitrogen and oxygen atoms in total. The van der Waals surface area contributed by atoms with Crippen LogP contribution in [0.4, 0.5) is 11.4 Å². The number of rotatable bonds is 10. The summed E-state index contributed by atoms with van der Waals surface area (Å²) < 4.78 is 0. The molecule has 202 valence electrons. The van der Waals surface area contributed by atoms with Gasteiger partial charge in [-0.2, -0.15) is 0 Å². The molecule has 5 rings (SSSR count). The van der Waals surface area contributed by atoms with Crippen molar-refractivity contribution < 1.29 is 5.11 Å². The average molecular weight is 544 g/mol. The number of aromatic hydroxyl groups is 1. The van der Waals surface area contributed by atoms with Gasteiger partial charge in [0.2, 0.25) is 0 Å². The van der Waals surface area contributed by atoms with E-state index < -0.39 is 0 Å². The van der Waals surface area contributed by atoms with Crippen LogP contribution >= 0.6 is 8.58 Å². The third kappa shape index (κ3) is 6.14. The molecule has 3 heteroatoms. The maximum atomic E-state index is 11.6. The van der Waals surface area contributed by atoms with Crippen molar-refractivity contribution in [2.24, 2.45) is 0 Å². The zero-order valence-electron chi connectivity index (χ0n) is 23.6. The van der Waals surface area contributed by atoms with Gasteiger partial charge in [0, 0.05) is 35.1 Å². The maximum Gasteiger partial charge on any atom is 0.123 e. The number of anilines is 2. The van der Waals surface area contributed by atoms with Crippen LogP contribution in [-0.2, 0) is 18.1 Å². The maximum absolute atomic E-state index is 11.6. The molecule has 0 saturated carbocycles. The topological polar surface area (TPSA) is 23.5 Å². The molecule has 0 radical (unpaired) electrons. The average Bonchev–Trinajstić information content (AvgIpc) is 3.00. The van der Waals surface area contributed by atoms with E-state index in [0.29, 0.717) is 14.3 Å². The molecule has 0 fully saturated rings. The Balaban J connectivity index is 1.51. The van der Waals surface area contributed by atoms with Gasteiger partial charge in [0.1, 0.15) is 5.75 Å². The van der Waals surface area contributed by atoms with Gasteiger partial charge < -0.3 is 10.0 Å². The SMILES string of the molecule is CCC(C)(Pc1c(C)cccc1CN(c1ccccc1)c1ccccc1)c1cccc(Cc2ccccc2)c1O. The minimum atomic E-state index is -0.192. The number of phenolic OH excluding ortho intramolecular Hbond substituents is 1. The molecule has 2 unspecified atom stereocenters. The number of aryl methyl sites for hydroxylation is 1. The van der Waals surface area contributed by atoms with Gasteiger partial charge in [0.15, 0.2) is 0 Å². The van der Waals surface area contributed by atoms with Gasteiger partial charge in [-0.05, 0) is 65.2 Å². The van der Waals surface area contributed by atoms with Gasteiger partial charge >= 0.3 is 0 Å². The van der Waals surface area contributed by atoms with Gasteiger partial charge in [-0.15, -0.1) is 0 Å². The summed E-state index contributed by atoms with van der Waals surface area (Å²) >= 11 is 0. The van der Waals surface area contributed by atoms with E-state index >= 15 is 0 Å². The van der Waals surface area contributed by atoms with Gasteiger partial charge in [0.25, 0.3) is 0 Å². The summed E-state index contributed by atoms with van der Waals surface area (Å²) in [6.07, 6.45) is 1.66. The normalized spacial score (nSPS) is 12.9. The van der Waals surface area contributed by atoms with Crippen molar-refractivity contribution in [3.05, 3.63) is 155 Å². The van der Waals surface area contributed by atoms with Gasteiger partial charge in [-0.25, -0.2) is 0 Å². The number of benzene rings is 5. The highest BCUT2D eigenvalue weighted by atomic mass is 31.1. The first-order valence-corrected chi connectivity index (χ1v) is 15.1. The highest BCUT2D eigenvalue weighted by Gasteiger charge is 2.30. The van der Waals surface area contributed by atoms with Crippen LogP contribution in [0.5, 0.6) is 5.75 Å². The Bertz CT molecular complexity index is 1500. The van der Waals surface area contributed by atoms with E-state index in [2.05, 4.69) is 147 Å². The molecule has 0 aliphatic heterocycles. The highest BCUT2D eigenvalue weighted by Crippen LogP contribution is 2.49. The molecule has 5 aromatic rings. The minimum absolute atomic E-state index is 0.192. The second-order valence-corrected chi connectivity index (χ2v) is 12.5. The van der Waals surface area contributed by atoms with E-state index in [-0.39, 0.29) is 5.16 Å². The number of phenols is 1. The third-order valence-electron chi connectivity index (χ3n) is 7.88. The lowest BCUT2D eigenvalue weighted by Crippen LogP contribution is -2.25. The number of para-hydroxylation sites is 3. The van der Waals surface area contributed by atoms with Crippen LogP contribution < -0.4 is 10.2 Å². The quantitative estimate of drug-likeness (QED) is 0.177. The zero-order chi connectivity index (χ0) is 28.0. The molecule has 1 N–H and O–H groups in total. The largest absolute Gasteiger partial charge is 0.507 e. The van der Waals surface area contributed by atoms with Crippen molar-refractivity contribution in [1.29, 1.82) is 0 Å². The molecule has 0 heterocycles. The molecule has 0 saturated heterocycles. The Morgan fingerprint density at radius 2 is 1.23 bits per heavy atom. The standard InChI is InChI=1S/C37H38NOP/c1-4-37(3,34-25-15-19-30(35(34)39)26-29-17-8-5-9-18-29)40-36-28(2)16-14-20-31(36)27-38(32-21-10-6-11-22-32)33-23-12-7-13-24-33/h5-25,39-40H,4,26-27H2,1-3H3. The third-order valence-corrected chi connectivity index (χ3v) is 10.0. The van der Waals surface area contributed by atoms with E-state index in [1.54, 1.807) is 0 Å². The van der Waals surface area contributed by atoms with Crippen molar-refractivity contribution >= 4 is 25.3 Å². The Labute approximate surface area is 241 Å². The van der Waals surface area contributed by atoms with Crippen LogP contribution in [0.25, 0.3) is 0 Å². The van der Waals surface area contributed by atoms with Crippen molar-refractivity contribution in [2.45, 2.75) is 45.3 Å². The number of hydrogen-bond acceptors (Lipinski definition) is 2.